The number of thiophene rings is 1. The molecule has 0 aliphatic carbocycles. The van der Waals surface area contributed by atoms with Gasteiger partial charge < -0.3 is 11.1 Å². The average molecular weight is 404 g/mol. The van der Waals surface area contributed by atoms with Crippen molar-refractivity contribution in [1.29, 1.82) is 5.26 Å². The smallest absolute Gasteiger partial charge is 0.163 e. The molecule has 4 N–H and O–H groups in total. The number of nitrogens with two attached hydrogens (primary N) is 1. The number of aromatic nitrogens is 4. The lowest BCUT2D eigenvalue weighted by atomic mass is 10.1. The second-order valence-electron chi connectivity index (χ2n) is 6.74. The minimum Gasteiger partial charge on any atom is -0.381 e. The molecule has 8 heteroatoms. The quantitative estimate of drug-likeness (QED) is 0.376. The molecule has 0 atom stereocenters. The first-order chi connectivity index (χ1) is 14.3. The van der Waals surface area contributed by atoms with Crippen molar-refractivity contribution in [2.75, 3.05) is 17.6 Å². The van der Waals surface area contributed by atoms with Crippen LogP contribution in [0.3, 0.4) is 0 Å². The monoisotopic (exact) mass is 403 g/mol. The molecule has 3 aromatic heterocycles. The van der Waals surface area contributed by atoms with Crippen LogP contribution in [0.15, 0.2) is 41.1 Å². The van der Waals surface area contributed by atoms with Crippen molar-refractivity contribution in [3.05, 3.63) is 52.3 Å². The molecular formula is C21H21N7S. The summed E-state index contributed by atoms with van der Waals surface area (Å²) in [5, 5.41) is 24.5. The maximum Gasteiger partial charge on any atom is 0.163 e. The first-order valence-electron chi connectivity index (χ1n) is 9.52. The fourth-order valence-electron chi connectivity index (χ4n) is 3.24. The van der Waals surface area contributed by atoms with E-state index in [1.54, 1.807) is 11.3 Å². The molecule has 3 heterocycles. The lowest BCUT2D eigenvalue weighted by molar-refractivity contribution is 0.687. The number of nitrogens with one attached hydrogen (secondary N) is 2. The molecule has 0 fully saturated rings. The van der Waals surface area contributed by atoms with Crippen LogP contribution in [0.4, 0.5) is 11.6 Å². The van der Waals surface area contributed by atoms with E-state index in [1.807, 2.05) is 35.7 Å². The summed E-state index contributed by atoms with van der Waals surface area (Å²) in [5.74, 6) is 1.89. The number of unbranched alkanes of at least 4 members (excludes halogenated alkanes) is 2. The van der Waals surface area contributed by atoms with Gasteiger partial charge in [-0.2, -0.15) is 21.7 Å². The zero-order valence-electron chi connectivity index (χ0n) is 15.9. The normalized spacial score (nSPS) is 10.9. The summed E-state index contributed by atoms with van der Waals surface area (Å²) in [6.07, 6.45) is 3.75. The van der Waals surface area contributed by atoms with Gasteiger partial charge in [-0.05, 0) is 42.8 Å². The molecule has 146 valence electrons. The number of rotatable bonds is 8. The number of nitriles is 1. The Bertz CT molecular complexity index is 1140. The number of nitrogen functional groups attached to an aromatic ring is 1. The van der Waals surface area contributed by atoms with Crippen molar-refractivity contribution < 1.29 is 0 Å². The maximum absolute atomic E-state index is 9.12. The molecule has 0 unspecified atom stereocenters. The molecule has 0 bridgehead atoms. The van der Waals surface area contributed by atoms with Crippen molar-refractivity contribution in [2.24, 2.45) is 0 Å². The summed E-state index contributed by atoms with van der Waals surface area (Å²) in [5.41, 5.74) is 8.94. The molecule has 0 saturated heterocycles. The number of anilines is 2. The molecule has 0 spiro atoms. The van der Waals surface area contributed by atoms with Gasteiger partial charge in [0.15, 0.2) is 11.6 Å². The predicted octanol–water partition coefficient (Wildman–Crippen LogP) is 4.36. The largest absolute Gasteiger partial charge is 0.381 e. The molecule has 0 radical (unpaired) electrons. The number of benzene rings is 1. The highest BCUT2D eigenvalue weighted by atomic mass is 32.1. The van der Waals surface area contributed by atoms with Crippen LogP contribution in [0.2, 0.25) is 0 Å². The van der Waals surface area contributed by atoms with Crippen molar-refractivity contribution >= 4 is 33.9 Å². The molecule has 7 nitrogen and oxygen atoms in total. The Morgan fingerprint density at radius 3 is 2.86 bits per heavy atom. The number of aryl methyl sites for hydroxylation is 1. The highest BCUT2D eigenvalue weighted by Gasteiger charge is 2.10. The number of para-hydroxylation sites is 1. The van der Waals surface area contributed by atoms with Gasteiger partial charge in [-0.3, -0.25) is 5.10 Å². The zero-order valence-corrected chi connectivity index (χ0v) is 16.7. The van der Waals surface area contributed by atoms with Gasteiger partial charge in [0.2, 0.25) is 0 Å². The van der Waals surface area contributed by atoms with Crippen LogP contribution in [-0.2, 0) is 6.42 Å². The van der Waals surface area contributed by atoms with Crippen LogP contribution >= 0.6 is 11.3 Å². The highest BCUT2D eigenvalue weighted by molar-refractivity contribution is 7.08. The number of hydrogen-bond acceptors (Lipinski definition) is 7. The maximum atomic E-state index is 9.12. The van der Waals surface area contributed by atoms with Gasteiger partial charge in [0.25, 0.3) is 0 Å². The Kier molecular flexibility index (Phi) is 5.68. The van der Waals surface area contributed by atoms with E-state index in [1.165, 1.54) is 0 Å². The summed E-state index contributed by atoms with van der Waals surface area (Å²) in [7, 11) is 0. The molecule has 4 aromatic rings. The third-order valence-electron chi connectivity index (χ3n) is 4.76. The standard InChI is InChI=1S/C21H21N7S/c22-12-16-18(27-28-19(16)23)8-2-1-5-10-24-21-15-6-3-4-7-17(15)25-20(26-21)14-9-11-29-13-14/h3-4,6-7,9,11,13H,1-2,5,8,10H2,(H3,23,27,28)(H,24,25,26). The van der Waals surface area contributed by atoms with Crippen molar-refractivity contribution in [1.82, 2.24) is 20.2 Å². The van der Waals surface area contributed by atoms with Gasteiger partial charge >= 0.3 is 0 Å². The Morgan fingerprint density at radius 2 is 2.03 bits per heavy atom. The third-order valence-corrected chi connectivity index (χ3v) is 5.44. The van der Waals surface area contributed by atoms with Gasteiger partial charge in [-0.25, -0.2) is 9.97 Å². The fraction of sp³-hybridized carbons (Fsp3) is 0.238. The number of hydrogen-bond donors (Lipinski definition) is 3. The average Bonchev–Trinajstić information content (AvgIpc) is 3.40. The minimum absolute atomic E-state index is 0.279. The van der Waals surface area contributed by atoms with Gasteiger partial charge in [0.1, 0.15) is 17.5 Å². The molecule has 0 saturated carbocycles. The summed E-state index contributed by atoms with van der Waals surface area (Å²) in [6.45, 7) is 0.820. The van der Waals surface area contributed by atoms with Crippen molar-refractivity contribution in [3.8, 4) is 17.5 Å². The lowest BCUT2D eigenvalue weighted by Gasteiger charge is -2.10. The van der Waals surface area contributed by atoms with Gasteiger partial charge in [0.05, 0.1) is 11.2 Å². The van der Waals surface area contributed by atoms with E-state index in [2.05, 4.69) is 27.0 Å². The van der Waals surface area contributed by atoms with Gasteiger partial charge in [0, 0.05) is 22.9 Å². The second-order valence-corrected chi connectivity index (χ2v) is 7.52. The lowest BCUT2D eigenvalue weighted by Crippen LogP contribution is -2.06. The summed E-state index contributed by atoms with van der Waals surface area (Å²) in [6, 6.07) is 12.2. The number of aromatic amines is 1. The van der Waals surface area contributed by atoms with E-state index in [9.17, 15) is 0 Å². The van der Waals surface area contributed by atoms with E-state index in [0.717, 1.165) is 66.0 Å². The van der Waals surface area contributed by atoms with Crippen LogP contribution < -0.4 is 11.1 Å². The Hall–Kier alpha value is -3.44. The molecule has 0 aliphatic heterocycles. The molecule has 29 heavy (non-hydrogen) atoms. The minimum atomic E-state index is 0.279. The number of nitrogens with zero attached hydrogens (tertiary/aromatic N) is 4. The fourth-order valence-corrected chi connectivity index (χ4v) is 3.88. The van der Waals surface area contributed by atoms with E-state index in [4.69, 9.17) is 21.0 Å². The van der Waals surface area contributed by atoms with E-state index >= 15 is 0 Å². The van der Waals surface area contributed by atoms with Gasteiger partial charge in [-0.1, -0.05) is 18.6 Å². The van der Waals surface area contributed by atoms with E-state index in [0.29, 0.717) is 5.56 Å². The highest BCUT2D eigenvalue weighted by Crippen LogP contribution is 2.26. The first kappa shape index (κ1) is 18.9. The summed E-state index contributed by atoms with van der Waals surface area (Å²) >= 11 is 1.64. The van der Waals surface area contributed by atoms with Crippen LogP contribution in [0, 0.1) is 11.3 Å². The molecule has 0 amide bonds. The molecular weight excluding hydrogens is 382 g/mol. The predicted molar refractivity (Wildman–Crippen MR) is 117 cm³/mol. The Labute approximate surface area is 172 Å². The number of H-pyrrole nitrogens is 1. The topological polar surface area (TPSA) is 116 Å². The van der Waals surface area contributed by atoms with Crippen molar-refractivity contribution in [2.45, 2.75) is 25.7 Å². The van der Waals surface area contributed by atoms with Crippen LogP contribution in [0.5, 0.6) is 0 Å². The van der Waals surface area contributed by atoms with E-state index in [-0.39, 0.29) is 5.82 Å². The summed E-state index contributed by atoms with van der Waals surface area (Å²) < 4.78 is 0. The van der Waals surface area contributed by atoms with Crippen LogP contribution in [0.25, 0.3) is 22.3 Å². The van der Waals surface area contributed by atoms with Crippen molar-refractivity contribution in [3.63, 3.8) is 0 Å². The summed E-state index contributed by atoms with van der Waals surface area (Å²) in [4.78, 5) is 9.45. The molecule has 0 aliphatic rings. The Balaban J connectivity index is 1.36. The van der Waals surface area contributed by atoms with Crippen LogP contribution in [-0.4, -0.2) is 26.7 Å². The van der Waals surface area contributed by atoms with E-state index < -0.39 is 0 Å². The van der Waals surface area contributed by atoms with Gasteiger partial charge in [-0.15, -0.1) is 0 Å². The molecule has 1 aromatic carbocycles. The Morgan fingerprint density at radius 1 is 1.14 bits per heavy atom. The molecule has 4 rings (SSSR count). The second kappa shape index (κ2) is 8.71. The SMILES string of the molecule is N#Cc1c(N)n[nH]c1CCCCCNc1nc(-c2ccsc2)nc2ccccc12. The first-order valence-corrected chi connectivity index (χ1v) is 10.5. The number of fused-ring (bicyclic) bond motifs is 1. The zero-order chi connectivity index (χ0) is 20.1. The van der Waals surface area contributed by atoms with Crippen LogP contribution in [0.1, 0.15) is 30.5 Å². The third kappa shape index (κ3) is 4.20.